The molecule has 21 heavy (non-hydrogen) atoms. The molecule has 1 atom stereocenters. The van der Waals surface area contributed by atoms with Gasteiger partial charge in [0.05, 0.1) is 22.3 Å². The number of rotatable bonds is 3. The highest BCUT2D eigenvalue weighted by molar-refractivity contribution is 6.31. The lowest BCUT2D eigenvalue weighted by Gasteiger charge is -2.20. The number of halogens is 4. The van der Waals surface area contributed by atoms with Crippen LogP contribution in [0.15, 0.2) is 36.5 Å². The van der Waals surface area contributed by atoms with Crippen LogP contribution in [-0.2, 0) is 6.18 Å². The van der Waals surface area contributed by atoms with E-state index in [-0.39, 0.29) is 0 Å². The number of pyridine rings is 1. The normalized spacial score (nSPS) is 13.2. The molecule has 0 spiro atoms. The van der Waals surface area contributed by atoms with Crippen LogP contribution >= 0.6 is 11.6 Å². The Morgan fingerprint density at radius 3 is 2.52 bits per heavy atom. The second-order valence-corrected chi connectivity index (χ2v) is 4.95. The molecule has 0 bridgehead atoms. The summed E-state index contributed by atoms with van der Waals surface area (Å²) in [6.07, 6.45) is -2.83. The fraction of sp³-hybridized carbons (Fsp3) is 0.214. The molecule has 2 aromatic rings. The number of aryl methyl sites for hydroxylation is 1. The molecule has 1 heterocycles. The topological polar surface area (TPSA) is 50.9 Å². The van der Waals surface area contributed by atoms with E-state index in [1.54, 1.807) is 25.3 Å². The molecule has 0 aliphatic heterocycles. The number of nitrogens with two attached hydrogens (primary N) is 1. The van der Waals surface area contributed by atoms with E-state index in [1.165, 1.54) is 6.07 Å². The van der Waals surface area contributed by atoms with Crippen LogP contribution in [0.4, 0.5) is 13.2 Å². The van der Waals surface area contributed by atoms with Crippen molar-refractivity contribution in [3.05, 3.63) is 63.9 Å². The molecular weight excluding hydrogens is 303 g/mol. The molecule has 0 aliphatic rings. The monoisotopic (exact) mass is 315 g/mol. The molecule has 3 N–H and O–H groups in total. The second kappa shape index (κ2) is 6.01. The van der Waals surface area contributed by atoms with Gasteiger partial charge in [0.15, 0.2) is 0 Å². The Hall–Kier alpha value is -1.63. The van der Waals surface area contributed by atoms with Crippen LogP contribution in [0.25, 0.3) is 0 Å². The summed E-state index contributed by atoms with van der Waals surface area (Å²) in [6, 6.07) is 6.21. The Morgan fingerprint density at radius 1 is 1.29 bits per heavy atom. The van der Waals surface area contributed by atoms with Gasteiger partial charge in [0.25, 0.3) is 0 Å². The first-order chi connectivity index (χ1) is 9.84. The summed E-state index contributed by atoms with van der Waals surface area (Å²) in [7, 11) is 0. The van der Waals surface area contributed by atoms with E-state index in [0.29, 0.717) is 21.8 Å². The Morgan fingerprint density at radius 2 is 2.00 bits per heavy atom. The first-order valence-electron chi connectivity index (χ1n) is 6.09. The van der Waals surface area contributed by atoms with Crippen molar-refractivity contribution < 1.29 is 13.2 Å². The number of hydrogen-bond acceptors (Lipinski definition) is 3. The van der Waals surface area contributed by atoms with E-state index in [4.69, 9.17) is 17.4 Å². The molecule has 0 aliphatic carbocycles. The van der Waals surface area contributed by atoms with Crippen LogP contribution < -0.4 is 11.3 Å². The van der Waals surface area contributed by atoms with Gasteiger partial charge in [0, 0.05) is 6.20 Å². The van der Waals surface area contributed by atoms with Gasteiger partial charge >= 0.3 is 6.18 Å². The van der Waals surface area contributed by atoms with Crippen molar-refractivity contribution in [3.63, 3.8) is 0 Å². The van der Waals surface area contributed by atoms with Crippen molar-refractivity contribution >= 4 is 11.6 Å². The highest BCUT2D eigenvalue weighted by atomic mass is 35.5. The smallest absolute Gasteiger partial charge is 0.271 e. The number of nitrogens with one attached hydrogen (secondary N) is 1. The Labute approximate surface area is 124 Å². The summed E-state index contributed by atoms with van der Waals surface area (Å²) < 4.78 is 38.1. The third-order valence-corrected chi connectivity index (χ3v) is 3.45. The molecule has 0 fully saturated rings. The molecule has 1 unspecified atom stereocenters. The summed E-state index contributed by atoms with van der Waals surface area (Å²) in [5.74, 6) is 5.53. The lowest BCUT2D eigenvalue weighted by Crippen LogP contribution is -2.30. The van der Waals surface area contributed by atoms with Gasteiger partial charge in [-0.3, -0.25) is 10.8 Å². The zero-order valence-electron chi connectivity index (χ0n) is 11.1. The average molecular weight is 316 g/mol. The van der Waals surface area contributed by atoms with Gasteiger partial charge in [-0.2, -0.15) is 13.2 Å². The summed E-state index contributed by atoms with van der Waals surface area (Å²) in [5.41, 5.74) is 3.35. The van der Waals surface area contributed by atoms with Crippen molar-refractivity contribution in [2.24, 2.45) is 5.84 Å². The highest BCUT2D eigenvalue weighted by Gasteiger charge is 2.31. The number of nitrogens with zero attached hydrogens (tertiary/aromatic N) is 1. The minimum absolute atomic E-state index is 0.389. The maximum atomic E-state index is 12.7. The van der Waals surface area contributed by atoms with Crippen molar-refractivity contribution in [2.45, 2.75) is 19.1 Å². The molecule has 0 saturated carbocycles. The SMILES string of the molecule is Cc1cc(C(F)(F)F)ccc1C(NN)c1ncccc1Cl. The first-order valence-corrected chi connectivity index (χ1v) is 6.46. The molecule has 0 amide bonds. The molecule has 1 aromatic heterocycles. The van der Waals surface area contributed by atoms with E-state index >= 15 is 0 Å². The number of alkyl halides is 3. The van der Waals surface area contributed by atoms with Gasteiger partial charge < -0.3 is 0 Å². The van der Waals surface area contributed by atoms with E-state index < -0.39 is 17.8 Å². The van der Waals surface area contributed by atoms with Gasteiger partial charge in [-0.25, -0.2) is 5.43 Å². The van der Waals surface area contributed by atoms with E-state index in [1.807, 2.05) is 0 Å². The standard InChI is InChI=1S/C14H13ClF3N3/c1-8-7-9(14(16,17)18)4-5-10(8)12(21-19)13-11(15)3-2-6-20-13/h2-7,12,21H,19H2,1H3. The zero-order chi connectivity index (χ0) is 15.6. The molecular formula is C14H13ClF3N3. The van der Waals surface area contributed by atoms with Crippen LogP contribution in [0, 0.1) is 6.92 Å². The van der Waals surface area contributed by atoms with Gasteiger partial charge in [0.2, 0.25) is 0 Å². The van der Waals surface area contributed by atoms with Gasteiger partial charge in [-0.1, -0.05) is 17.7 Å². The predicted molar refractivity (Wildman–Crippen MR) is 74.6 cm³/mol. The molecule has 112 valence electrons. The second-order valence-electron chi connectivity index (χ2n) is 4.54. The number of hydrazine groups is 1. The quantitative estimate of drug-likeness (QED) is 0.672. The van der Waals surface area contributed by atoms with Crippen LogP contribution in [0.2, 0.25) is 5.02 Å². The Kier molecular flexibility index (Phi) is 4.51. The Bertz CT molecular complexity index is 644. The Balaban J connectivity index is 2.47. The third-order valence-electron chi connectivity index (χ3n) is 3.14. The fourth-order valence-electron chi connectivity index (χ4n) is 2.10. The van der Waals surface area contributed by atoms with Crippen molar-refractivity contribution in [1.29, 1.82) is 0 Å². The van der Waals surface area contributed by atoms with E-state index in [0.717, 1.165) is 12.1 Å². The molecule has 1 aromatic carbocycles. The predicted octanol–water partition coefficient (Wildman–Crippen LogP) is 3.61. The van der Waals surface area contributed by atoms with Crippen LogP contribution in [0.1, 0.15) is 28.4 Å². The zero-order valence-corrected chi connectivity index (χ0v) is 11.8. The minimum Gasteiger partial charge on any atom is -0.271 e. The van der Waals surface area contributed by atoms with Crippen LogP contribution in [0.5, 0.6) is 0 Å². The third kappa shape index (κ3) is 3.34. The van der Waals surface area contributed by atoms with Crippen molar-refractivity contribution in [2.75, 3.05) is 0 Å². The van der Waals surface area contributed by atoms with E-state index in [9.17, 15) is 13.2 Å². The maximum absolute atomic E-state index is 12.7. The lowest BCUT2D eigenvalue weighted by molar-refractivity contribution is -0.137. The van der Waals surface area contributed by atoms with Gasteiger partial charge in [-0.05, 0) is 42.3 Å². The fourth-order valence-corrected chi connectivity index (χ4v) is 2.33. The average Bonchev–Trinajstić information content (AvgIpc) is 2.42. The van der Waals surface area contributed by atoms with Crippen LogP contribution in [0.3, 0.4) is 0 Å². The van der Waals surface area contributed by atoms with Crippen molar-refractivity contribution in [1.82, 2.24) is 10.4 Å². The summed E-state index contributed by atoms with van der Waals surface area (Å²) in [5, 5.41) is 0.389. The summed E-state index contributed by atoms with van der Waals surface area (Å²) >= 11 is 6.07. The minimum atomic E-state index is -4.38. The molecule has 0 saturated heterocycles. The highest BCUT2D eigenvalue weighted by Crippen LogP contribution is 2.33. The first kappa shape index (κ1) is 15.8. The van der Waals surface area contributed by atoms with Crippen LogP contribution in [-0.4, -0.2) is 4.98 Å². The lowest BCUT2D eigenvalue weighted by atomic mass is 9.96. The molecule has 3 nitrogen and oxygen atoms in total. The molecule has 0 radical (unpaired) electrons. The van der Waals surface area contributed by atoms with Gasteiger partial charge in [-0.15, -0.1) is 0 Å². The number of benzene rings is 1. The molecule has 7 heteroatoms. The van der Waals surface area contributed by atoms with E-state index in [2.05, 4.69) is 10.4 Å². The van der Waals surface area contributed by atoms with Crippen molar-refractivity contribution in [3.8, 4) is 0 Å². The van der Waals surface area contributed by atoms with Gasteiger partial charge in [0.1, 0.15) is 0 Å². The summed E-state index contributed by atoms with van der Waals surface area (Å²) in [6.45, 7) is 1.59. The molecule has 2 rings (SSSR count). The number of aromatic nitrogens is 1. The maximum Gasteiger partial charge on any atom is 0.416 e. The largest absolute Gasteiger partial charge is 0.416 e. The summed E-state index contributed by atoms with van der Waals surface area (Å²) in [4.78, 5) is 4.14. The number of hydrogen-bond donors (Lipinski definition) is 2.